The Bertz CT molecular complexity index is 1570. The van der Waals surface area contributed by atoms with Crippen LogP contribution >= 0.6 is 11.3 Å². The van der Waals surface area contributed by atoms with Gasteiger partial charge in [0, 0.05) is 44.3 Å². The van der Waals surface area contributed by atoms with Crippen LogP contribution < -0.4 is 10.2 Å². The number of benzene rings is 1. The van der Waals surface area contributed by atoms with Crippen LogP contribution in [0.1, 0.15) is 11.4 Å². The van der Waals surface area contributed by atoms with E-state index in [0.29, 0.717) is 22.4 Å². The number of halogens is 4. The average molecular weight is 618 g/mol. The van der Waals surface area contributed by atoms with Gasteiger partial charge in [-0.1, -0.05) is 11.3 Å². The van der Waals surface area contributed by atoms with Crippen molar-refractivity contribution >= 4 is 50.3 Å². The number of hydrogen-bond donors (Lipinski definition) is 2. The SMILES string of the molecule is CN(CC(F)F)C(=O)N1CCN(c2cc([SH](=O)=O)c(NC3(C#N)COC3)c3c2cnn3-c2nnc(C(F)F)s2)CC1. The summed E-state index contributed by atoms with van der Waals surface area (Å²) in [6.45, 7) is 0.0805. The van der Waals surface area contributed by atoms with E-state index < -0.39 is 46.7 Å². The van der Waals surface area contributed by atoms with Crippen molar-refractivity contribution < 1.29 is 35.5 Å². The maximum Gasteiger partial charge on any atom is 0.320 e. The molecule has 2 aromatic heterocycles. The first-order valence-corrected chi connectivity index (χ1v) is 14.1. The van der Waals surface area contributed by atoms with Gasteiger partial charge in [-0.15, -0.1) is 10.2 Å². The highest BCUT2D eigenvalue weighted by atomic mass is 32.2. The van der Waals surface area contributed by atoms with Crippen molar-refractivity contribution in [3.63, 3.8) is 0 Å². The van der Waals surface area contributed by atoms with Gasteiger partial charge < -0.3 is 24.8 Å². The molecule has 0 saturated carbocycles. The molecule has 19 heteroatoms. The number of aromatic nitrogens is 4. The van der Waals surface area contributed by atoms with E-state index in [4.69, 9.17) is 4.74 Å². The number of hydrogen-bond acceptors (Lipinski definition) is 11. The first kappa shape index (κ1) is 28.8. The van der Waals surface area contributed by atoms with Gasteiger partial charge in [-0.2, -0.15) is 10.4 Å². The van der Waals surface area contributed by atoms with Crippen molar-refractivity contribution in [1.29, 1.82) is 5.26 Å². The minimum atomic E-state index is -3.24. The molecule has 0 bridgehead atoms. The molecule has 3 aromatic rings. The van der Waals surface area contributed by atoms with E-state index >= 15 is 0 Å². The Labute approximate surface area is 235 Å². The van der Waals surface area contributed by atoms with Gasteiger partial charge in [-0.05, 0) is 6.07 Å². The van der Waals surface area contributed by atoms with Gasteiger partial charge in [-0.25, -0.2) is 35.5 Å². The quantitative estimate of drug-likeness (QED) is 0.284. The number of anilines is 2. The van der Waals surface area contributed by atoms with Crippen LogP contribution in [0.2, 0.25) is 0 Å². The lowest BCUT2D eigenvalue weighted by atomic mass is 9.98. The van der Waals surface area contributed by atoms with E-state index in [1.807, 2.05) is 4.90 Å². The third-order valence-corrected chi connectivity index (χ3v) is 8.36. The van der Waals surface area contributed by atoms with Crippen LogP contribution in [0.3, 0.4) is 0 Å². The van der Waals surface area contributed by atoms with Gasteiger partial charge >= 0.3 is 6.03 Å². The number of rotatable bonds is 8. The fourth-order valence-corrected chi connectivity index (χ4v) is 5.86. The Morgan fingerprint density at radius 2 is 1.95 bits per heavy atom. The summed E-state index contributed by atoms with van der Waals surface area (Å²) >= 11 is 0.576. The van der Waals surface area contributed by atoms with Crippen LogP contribution in [0, 0.1) is 11.3 Å². The summed E-state index contributed by atoms with van der Waals surface area (Å²) in [5.74, 6) is 0. The first-order valence-electron chi connectivity index (χ1n) is 12.1. The fraction of sp³-hybridized carbons (Fsp3) is 0.500. The number of ether oxygens (including phenoxy) is 1. The van der Waals surface area contributed by atoms with Crippen molar-refractivity contribution in [2.45, 2.75) is 23.3 Å². The van der Waals surface area contributed by atoms with Crippen molar-refractivity contribution in [2.24, 2.45) is 0 Å². The summed E-state index contributed by atoms with van der Waals surface area (Å²) in [7, 11) is -1.96. The molecule has 5 rings (SSSR count). The molecule has 2 aliphatic rings. The number of urea groups is 1. The smallest absolute Gasteiger partial charge is 0.320 e. The highest BCUT2D eigenvalue weighted by Gasteiger charge is 2.41. The summed E-state index contributed by atoms with van der Waals surface area (Å²) in [5, 5.41) is 24.2. The zero-order valence-corrected chi connectivity index (χ0v) is 23.0. The van der Waals surface area contributed by atoms with E-state index in [1.165, 1.54) is 28.9 Å². The second-order valence-electron chi connectivity index (χ2n) is 9.43. The minimum absolute atomic E-state index is 0.0136. The third-order valence-electron chi connectivity index (χ3n) is 6.71. The van der Waals surface area contributed by atoms with Crippen LogP contribution in [0.4, 0.5) is 33.7 Å². The third kappa shape index (κ3) is 5.46. The Balaban J connectivity index is 1.57. The number of alkyl halides is 4. The number of thiol groups is 1. The lowest BCUT2D eigenvalue weighted by Gasteiger charge is -2.39. The van der Waals surface area contributed by atoms with Crippen molar-refractivity contribution in [3.05, 3.63) is 17.3 Å². The molecule has 0 atom stereocenters. The molecule has 1 N–H and O–H groups in total. The topological polar surface area (TPSA) is 150 Å². The van der Waals surface area contributed by atoms with Crippen LogP contribution in [0.15, 0.2) is 17.2 Å². The van der Waals surface area contributed by atoms with Crippen molar-refractivity contribution in [1.82, 2.24) is 29.8 Å². The van der Waals surface area contributed by atoms with Crippen molar-refractivity contribution in [2.75, 3.05) is 63.2 Å². The summed E-state index contributed by atoms with van der Waals surface area (Å²) in [6.07, 6.45) is -4.13. The Hall–Kier alpha value is -3.76. The highest BCUT2D eigenvalue weighted by molar-refractivity contribution is 7.72. The Morgan fingerprint density at radius 1 is 1.24 bits per heavy atom. The van der Waals surface area contributed by atoms with Gasteiger partial charge in [0.25, 0.3) is 12.9 Å². The summed E-state index contributed by atoms with van der Waals surface area (Å²) in [5.41, 5.74) is -0.605. The molecule has 0 spiro atoms. The number of piperazine rings is 1. The number of amides is 2. The van der Waals surface area contributed by atoms with Crippen LogP contribution in [0.25, 0.3) is 16.0 Å². The molecule has 0 radical (unpaired) electrons. The molecule has 41 heavy (non-hydrogen) atoms. The number of fused-ring (bicyclic) bond motifs is 1. The maximum absolute atomic E-state index is 13.3. The van der Waals surface area contributed by atoms with Gasteiger partial charge in [-0.3, -0.25) is 0 Å². The maximum atomic E-state index is 13.3. The highest BCUT2D eigenvalue weighted by Crippen LogP contribution is 2.41. The number of nitriles is 1. The van der Waals surface area contributed by atoms with Gasteiger partial charge in [0.1, 0.15) is 5.52 Å². The van der Waals surface area contributed by atoms with Crippen molar-refractivity contribution in [3.8, 4) is 11.2 Å². The van der Waals surface area contributed by atoms with Gasteiger partial charge in [0.15, 0.2) is 21.3 Å². The van der Waals surface area contributed by atoms with E-state index in [2.05, 4.69) is 26.7 Å². The van der Waals surface area contributed by atoms with Crippen LogP contribution in [-0.4, -0.2) is 109 Å². The standard InChI is InChI=1S/C22H23F4N9O4S2/c1-32(8-15(23)24)21(36)34-4-2-33(3-5-34)13-6-14(41(37)38)16(29-22(9-27)10-39-11-22)17-12(13)7-28-35(17)20-31-30-19(40-20)18(25)26/h6-7,15,18,29,41H,2-5,8,10-11H2,1H3. The van der Waals surface area contributed by atoms with Crippen LogP contribution in [-0.2, 0) is 15.4 Å². The number of nitrogens with zero attached hydrogens (tertiary/aromatic N) is 8. The molecule has 2 amide bonds. The first-order chi connectivity index (χ1) is 19.5. The summed E-state index contributed by atoms with van der Waals surface area (Å²) in [4.78, 5) is 16.6. The molecular weight excluding hydrogens is 594 g/mol. The number of carbonyl (C=O) groups is 1. The van der Waals surface area contributed by atoms with E-state index in [1.54, 1.807) is 0 Å². The Morgan fingerprint density at radius 3 is 2.49 bits per heavy atom. The zero-order chi connectivity index (χ0) is 29.5. The zero-order valence-electron chi connectivity index (χ0n) is 21.3. The molecule has 13 nitrogen and oxygen atoms in total. The average Bonchev–Trinajstić information content (AvgIpc) is 3.58. The monoisotopic (exact) mass is 617 g/mol. The summed E-state index contributed by atoms with van der Waals surface area (Å²) < 4.78 is 83.5. The van der Waals surface area contributed by atoms with Gasteiger partial charge in [0.2, 0.25) is 5.13 Å². The molecular formula is C22H23F4N9O4S2. The normalized spacial score (nSPS) is 16.9. The number of nitrogens with one attached hydrogen (secondary N) is 1. The van der Waals surface area contributed by atoms with E-state index in [9.17, 15) is 36.0 Å². The minimum Gasteiger partial charge on any atom is -0.374 e. The molecule has 220 valence electrons. The molecule has 2 aliphatic heterocycles. The fourth-order valence-electron chi connectivity index (χ4n) is 4.63. The Kier molecular flexibility index (Phi) is 7.89. The molecule has 2 fully saturated rings. The second kappa shape index (κ2) is 11.3. The van der Waals surface area contributed by atoms with E-state index in [0.717, 1.165) is 4.90 Å². The molecule has 1 aromatic carbocycles. The lowest BCUT2D eigenvalue weighted by Crippen LogP contribution is -2.55. The molecule has 0 unspecified atom stereocenters. The molecule has 0 aliphatic carbocycles. The van der Waals surface area contributed by atoms with E-state index in [-0.39, 0.29) is 60.6 Å². The van der Waals surface area contributed by atoms with Crippen LogP contribution in [0.5, 0.6) is 0 Å². The largest absolute Gasteiger partial charge is 0.374 e. The predicted molar refractivity (Wildman–Crippen MR) is 139 cm³/mol. The van der Waals surface area contributed by atoms with Gasteiger partial charge in [0.05, 0.1) is 42.6 Å². The molecule has 2 saturated heterocycles. The summed E-state index contributed by atoms with van der Waals surface area (Å²) in [6, 6.07) is 2.95. The lowest BCUT2D eigenvalue weighted by molar-refractivity contribution is -0.0133. The molecule has 4 heterocycles. The predicted octanol–water partition coefficient (Wildman–Crippen LogP) is 1.93. The number of carbonyl (C=O) groups excluding carboxylic acids is 1. The second-order valence-corrected chi connectivity index (χ2v) is 11.4.